The number of rotatable bonds is 5. The normalized spacial score (nSPS) is 28.8. The molecule has 1 saturated heterocycles. The van der Waals surface area contributed by atoms with Crippen molar-refractivity contribution in [3.05, 3.63) is 0 Å². The van der Waals surface area contributed by atoms with E-state index < -0.39 is 18.8 Å². The van der Waals surface area contributed by atoms with E-state index in [1.807, 2.05) is 13.8 Å². The Morgan fingerprint density at radius 1 is 1.39 bits per heavy atom. The lowest BCUT2D eigenvalue weighted by Crippen LogP contribution is -2.64. The van der Waals surface area contributed by atoms with Gasteiger partial charge in [-0.2, -0.15) is 0 Å². The molecule has 5 heteroatoms. The Bertz CT molecular complexity index is 342. The zero-order valence-corrected chi connectivity index (χ0v) is 11.0. The van der Waals surface area contributed by atoms with Crippen LogP contribution in [0, 0.1) is 11.8 Å². The van der Waals surface area contributed by atoms with E-state index in [0.29, 0.717) is 12.3 Å². The Morgan fingerprint density at radius 2 is 2.06 bits per heavy atom. The Morgan fingerprint density at radius 3 is 2.56 bits per heavy atom. The van der Waals surface area contributed by atoms with Crippen LogP contribution >= 0.6 is 0 Å². The van der Waals surface area contributed by atoms with Gasteiger partial charge in [-0.15, -0.1) is 0 Å². The molecule has 0 spiro atoms. The summed E-state index contributed by atoms with van der Waals surface area (Å²) in [5, 5.41) is 2.80. The first-order valence-corrected chi connectivity index (χ1v) is 6.71. The molecular weight excluding hydrogens is 235 g/mol. The lowest BCUT2D eigenvalue weighted by atomic mass is 9.97. The van der Waals surface area contributed by atoms with Crippen molar-refractivity contribution in [3.63, 3.8) is 0 Å². The minimum Gasteiger partial charge on any atom is -0.342 e. The Labute approximate surface area is 107 Å². The van der Waals surface area contributed by atoms with Gasteiger partial charge in [0.15, 0.2) is 0 Å². The fourth-order valence-corrected chi connectivity index (χ4v) is 2.65. The highest BCUT2D eigenvalue weighted by Gasteiger charge is 2.47. The molecule has 18 heavy (non-hydrogen) atoms. The molecule has 102 valence electrons. The summed E-state index contributed by atoms with van der Waals surface area (Å²) in [6.45, 7) is 3.47. The van der Waals surface area contributed by atoms with Crippen LogP contribution < -0.4 is 5.32 Å². The van der Waals surface area contributed by atoms with Crippen LogP contribution in [-0.2, 0) is 9.59 Å². The summed E-state index contributed by atoms with van der Waals surface area (Å²) in [5.41, 5.74) is 0. The molecule has 2 aliphatic rings. The number of hydrogen-bond acceptors (Lipinski definition) is 2. The Kier molecular flexibility index (Phi) is 3.88. The SMILES string of the molecule is CC(C)CC1NC(=O)C(C2CC2)N(CCF)C1=O. The molecule has 2 rings (SSSR count). The number of carbonyl (C=O) groups is 2. The first-order chi connectivity index (χ1) is 8.54. The minimum atomic E-state index is -0.587. The Balaban J connectivity index is 2.12. The fourth-order valence-electron chi connectivity index (χ4n) is 2.65. The van der Waals surface area contributed by atoms with Gasteiger partial charge in [0, 0.05) is 6.54 Å². The predicted molar refractivity (Wildman–Crippen MR) is 65.6 cm³/mol. The maximum Gasteiger partial charge on any atom is 0.245 e. The molecule has 1 N–H and O–H groups in total. The van der Waals surface area contributed by atoms with E-state index in [9.17, 15) is 14.0 Å². The van der Waals surface area contributed by atoms with Crippen molar-refractivity contribution < 1.29 is 14.0 Å². The molecule has 1 aliphatic heterocycles. The number of nitrogens with zero attached hydrogens (tertiary/aromatic N) is 1. The quantitative estimate of drug-likeness (QED) is 0.801. The predicted octanol–water partition coefficient (Wildman–Crippen LogP) is 1.11. The van der Waals surface area contributed by atoms with E-state index in [0.717, 1.165) is 12.8 Å². The third kappa shape index (κ3) is 2.65. The number of amides is 2. The van der Waals surface area contributed by atoms with Crippen LogP contribution in [0.4, 0.5) is 4.39 Å². The third-order valence-corrected chi connectivity index (χ3v) is 3.60. The van der Waals surface area contributed by atoms with Crippen LogP contribution in [0.25, 0.3) is 0 Å². The standard InChI is InChI=1S/C13H21FN2O2/c1-8(2)7-10-13(18)16(6-5-14)11(9-3-4-9)12(17)15-10/h8-11H,3-7H2,1-2H3,(H,15,17). The number of halogens is 1. The first kappa shape index (κ1) is 13.3. The molecule has 4 nitrogen and oxygen atoms in total. The van der Waals surface area contributed by atoms with E-state index >= 15 is 0 Å². The third-order valence-electron chi connectivity index (χ3n) is 3.60. The zero-order valence-electron chi connectivity index (χ0n) is 11.0. The molecule has 2 atom stereocenters. The molecule has 0 aromatic heterocycles. The van der Waals surface area contributed by atoms with Gasteiger partial charge in [-0.3, -0.25) is 9.59 Å². The number of hydrogen-bond donors (Lipinski definition) is 1. The molecule has 1 saturated carbocycles. The largest absolute Gasteiger partial charge is 0.342 e. The summed E-state index contributed by atoms with van der Waals surface area (Å²) >= 11 is 0. The number of alkyl halides is 1. The van der Waals surface area contributed by atoms with Crippen molar-refractivity contribution in [2.45, 2.75) is 45.2 Å². The van der Waals surface area contributed by atoms with Crippen molar-refractivity contribution >= 4 is 11.8 Å². The van der Waals surface area contributed by atoms with Gasteiger partial charge in [-0.1, -0.05) is 13.8 Å². The highest BCUT2D eigenvalue weighted by molar-refractivity contribution is 5.97. The summed E-state index contributed by atoms with van der Waals surface area (Å²) in [7, 11) is 0. The van der Waals surface area contributed by atoms with Crippen LogP contribution in [0.2, 0.25) is 0 Å². The average molecular weight is 256 g/mol. The topological polar surface area (TPSA) is 49.4 Å². The van der Waals surface area contributed by atoms with Gasteiger partial charge >= 0.3 is 0 Å². The molecule has 2 fully saturated rings. The summed E-state index contributed by atoms with van der Waals surface area (Å²) in [4.78, 5) is 25.8. The lowest BCUT2D eigenvalue weighted by molar-refractivity contribution is -0.150. The van der Waals surface area contributed by atoms with Gasteiger partial charge in [0.05, 0.1) is 0 Å². The van der Waals surface area contributed by atoms with Crippen LogP contribution in [0.15, 0.2) is 0 Å². The fraction of sp³-hybridized carbons (Fsp3) is 0.846. The van der Waals surface area contributed by atoms with E-state index in [1.54, 1.807) is 0 Å². The van der Waals surface area contributed by atoms with Gasteiger partial charge in [0.1, 0.15) is 18.8 Å². The van der Waals surface area contributed by atoms with Crippen molar-refractivity contribution in [3.8, 4) is 0 Å². The highest BCUT2D eigenvalue weighted by atomic mass is 19.1. The number of nitrogens with one attached hydrogen (secondary N) is 1. The van der Waals surface area contributed by atoms with E-state index in [-0.39, 0.29) is 24.3 Å². The van der Waals surface area contributed by atoms with E-state index in [1.165, 1.54) is 4.90 Å². The Hall–Kier alpha value is -1.13. The summed E-state index contributed by atoms with van der Waals surface area (Å²) in [6, 6.07) is -0.907. The van der Waals surface area contributed by atoms with Gasteiger partial charge in [0.25, 0.3) is 0 Å². The zero-order chi connectivity index (χ0) is 13.3. The van der Waals surface area contributed by atoms with Crippen molar-refractivity contribution in [2.24, 2.45) is 11.8 Å². The highest BCUT2D eigenvalue weighted by Crippen LogP contribution is 2.37. The second-order valence-electron chi connectivity index (χ2n) is 5.69. The maximum atomic E-state index is 12.6. The van der Waals surface area contributed by atoms with Crippen molar-refractivity contribution in [1.29, 1.82) is 0 Å². The summed E-state index contributed by atoms with van der Waals surface area (Å²) < 4.78 is 12.6. The molecule has 0 bridgehead atoms. The van der Waals surface area contributed by atoms with E-state index in [4.69, 9.17) is 0 Å². The van der Waals surface area contributed by atoms with Crippen LogP contribution in [0.1, 0.15) is 33.1 Å². The monoisotopic (exact) mass is 256 g/mol. The molecular formula is C13H21FN2O2. The van der Waals surface area contributed by atoms with Crippen LogP contribution in [-0.4, -0.2) is 42.0 Å². The maximum absolute atomic E-state index is 12.6. The molecule has 2 amide bonds. The number of piperazine rings is 1. The molecule has 2 unspecified atom stereocenters. The van der Waals surface area contributed by atoms with Crippen molar-refractivity contribution in [2.75, 3.05) is 13.2 Å². The molecule has 1 aliphatic carbocycles. The van der Waals surface area contributed by atoms with Crippen molar-refractivity contribution in [1.82, 2.24) is 10.2 Å². The van der Waals surface area contributed by atoms with Crippen LogP contribution in [0.3, 0.4) is 0 Å². The smallest absolute Gasteiger partial charge is 0.245 e. The number of carbonyl (C=O) groups excluding carboxylic acids is 2. The summed E-state index contributed by atoms with van der Waals surface area (Å²) in [5.74, 6) is 0.346. The van der Waals surface area contributed by atoms with E-state index in [2.05, 4.69) is 5.32 Å². The second kappa shape index (κ2) is 5.24. The molecule has 0 aromatic rings. The average Bonchev–Trinajstić information content (AvgIpc) is 3.08. The summed E-state index contributed by atoms with van der Waals surface area (Å²) in [6.07, 6.45) is 2.54. The van der Waals surface area contributed by atoms with Gasteiger partial charge in [-0.25, -0.2) is 4.39 Å². The second-order valence-corrected chi connectivity index (χ2v) is 5.69. The van der Waals surface area contributed by atoms with Gasteiger partial charge in [-0.05, 0) is 31.1 Å². The van der Waals surface area contributed by atoms with Crippen LogP contribution in [0.5, 0.6) is 0 Å². The van der Waals surface area contributed by atoms with Gasteiger partial charge < -0.3 is 10.2 Å². The molecule has 0 radical (unpaired) electrons. The molecule has 0 aromatic carbocycles. The van der Waals surface area contributed by atoms with Gasteiger partial charge in [0.2, 0.25) is 11.8 Å². The molecule has 1 heterocycles. The minimum absolute atomic E-state index is 0.0437. The lowest BCUT2D eigenvalue weighted by Gasteiger charge is -2.39. The first-order valence-electron chi connectivity index (χ1n) is 6.71.